The van der Waals surface area contributed by atoms with Gasteiger partial charge in [-0.25, -0.2) is 4.98 Å². The van der Waals surface area contributed by atoms with Gasteiger partial charge in [-0.1, -0.05) is 40.5 Å². The van der Waals surface area contributed by atoms with Gasteiger partial charge in [0.25, 0.3) is 0 Å². The number of hydrogen-bond donors (Lipinski definition) is 1. The van der Waals surface area contributed by atoms with Crippen molar-refractivity contribution in [3.63, 3.8) is 0 Å². The number of nitrogens with two attached hydrogens (primary N) is 1. The largest absolute Gasteiger partial charge is 0.331 e. The predicted octanol–water partition coefficient (Wildman–Crippen LogP) is 3.72. The van der Waals surface area contributed by atoms with E-state index in [1.54, 1.807) is 0 Å². The highest BCUT2D eigenvalue weighted by molar-refractivity contribution is 5.11. The van der Waals surface area contributed by atoms with Crippen LogP contribution in [0.2, 0.25) is 0 Å². The molecule has 2 rings (SSSR count). The van der Waals surface area contributed by atoms with Crippen molar-refractivity contribution in [2.24, 2.45) is 17.1 Å². The van der Waals surface area contributed by atoms with E-state index >= 15 is 0 Å². The normalized spacial score (nSPS) is 24.6. The van der Waals surface area contributed by atoms with E-state index in [1.165, 1.54) is 31.4 Å². The summed E-state index contributed by atoms with van der Waals surface area (Å²) in [6.07, 6.45) is 9.33. The van der Waals surface area contributed by atoms with Gasteiger partial charge in [0.15, 0.2) is 0 Å². The zero-order valence-electron chi connectivity index (χ0n) is 12.9. The van der Waals surface area contributed by atoms with Crippen molar-refractivity contribution in [3.8, 4) is 0 Å². The minimum absolute atomic E-state index is 0.365. The van der Waals surface area contributed by atoms with Gasteiger partial charge in [0.05, 0.1) is 6.33 Å². The summed E-state index contributed by atoms with van der Waals surface area (Å²) in [6.45, 7) is 10.00. The molecule has 1 aromatic heterocycles. The molecule has 2 N–H and O–H groups in total. The molecule has 0 bridgehead atoms. The number of aromatic nitrogens is 2. The average molecular weight is 263 g/mol. The minimum Gasteiger partial charge on any atom is -0.331 e. The first-order valence-corrected chi connectivity index (χ1v) is 7.69. The second-order valence-corrected chi connectivity index (χ2v) is 7.06. The molecule has 0 spiro atoms. The van der Waals surface area contributed by atoms with E-state index in [-0.39, 0.29) is 0 Å². The van der Waals surface area contributed by atoms with Crippen molar-refractivity contribution in [2.45, 2.75) is 65.3 Å². The molecular weight excluding hydrogens is 234 g/mol. The van der Waals surface area contributed by atoms with Crippen LogP contribution < -0.4 is 5.73 Å². The molecule has 1 fully saturated rings. The Morgan fingerprint density at radius 2 is 2.16 bits per heavy atom. The fraction of sp³-hybridized carbons (Fsp3) is 0.812. The summed E-state index contributed by atoms with van der Waals surface area (Å²) < 4.78 is 2.43. The van der Waals surface area contributed by atoms with E-state index in [1.807, 2.05) is 12.5 Å². The summed E-state index contributed by atoms with van der Waals surface area (Å²) in [7, 11) is 0. The quantitative estimate of drug-likeness (QED) is 0.899. The molecule has 2 atom stereocenters. The van der Waals surface area contributed by atoms with Crippen LogP contribution in [0.3, 0.4) is 0 Å². The zero-order chi connectivity index (χ0) is 14.0. The van der Waals surface area contributed by atoms with Gasteiger partial charge in [-0.2, -0.15) is 0 Å². The number of rotatable bonds is 4. The maximum Gasteiger partial charge on any atom is 0.0951 e. The van der Waals surface area contributed by atoms with Crippen molar-refractivity contribution in [2.75, 3.05) is 6.54 Å². The lowest BCUT2D eigenvalue weighted by Gasteiger charge is -2.41. The van der Waals surface area contributed by atoms with Crippen LogP contribution >= 0.6 is 0 Å². The van der Waals surface area contributed by atoms with E-state index in [0.717, 1.165) is 0 Å². The molecule has 0 aliphatic heterocycles. The maximum absolute atomic E-state index is 5.99. The summed E-state index contributed by atoms with van der Waals surface area (Å²) in [4.78, 5) is 4.42. The summed E-state index contributed by atoms with van der Waals surface area (Å²) in [5.74, 6) is 0.979. The van der Waals surface area contributed by atoms with Gasteiger partial charge in [0, 0.05) is 30.4 Å². The molecule has 0 saturated heterocycles. The third kappa shape index (κ3) is 2.86. The molecule has 3 nitrogen and oxygen atoms in total. The Morgan fingerprint density at radius 1 is 1.42 bits per heavy atom. The lowest BCUT2D eigenvalue weighted by molar-refractivity contribution is 0.139. The van der Waals surface area contributed by atoms with Crippen LogP contribution in [0.5, 0.6) is 0 Å². The van der Waals surface area contributed by atoms with Crippen molar-refractivity contribution in [1.82, 2.24) is 9.55 Å². The standard InChI is InChI=1S/C16H29N3/c1-12(2)13(9-17)14-10-18-11-19(14)15-7-5-6-8-16(15,3)4/h10-13,15H,5-9,17H2,1-4H3. The Hall–Kier alpha value is -0.830. The Morgan fingerprint density at radius 3 is 2.74 bits per heavy atom. The molecule has 1 aliphatic rings. The average Bonchev–Trinajstić information content (AvgIpc) is 2.78. The maximum atomic E-state index is 5.99. The molecule has 0 aromatic carbocycles. The summed E-state index contributed by atoms with van der Waals surface area (Å²) in [5.41, 5.74) is 7.69. The van der Waals surface area contributed by atoms with Gasteiger partial charge >= 0.3 is 0 Å². The van der Waals surface area contributed by atoms with E-state index in [4.69, 9.17) is 5.73 Å². The molecule has 0 radical (unpaired) electrons. The van der Waals surface area contributed by atoms with Gasteiger partial charge in [0.2, 0.25) is 0 Å². The Labute approximate surface area is 117 Å². The molecule has 1 aromatic rings. The van der Waals surface area contributed by atoms with Crippen LogP contribution in [-0.2, 0) is 0 Å². The molecule has 2 unspecified atom stereocenters. The van der Waals surface area contributed by atoms with Crippen LogP contribution in [0.15, 0.2) is 12.5 Å². The Kier molecular flexibility index (Phi) is 4.34. The fourth-order valence-corrected chi connectivity index (χ4v) is 3.59. The van der Waals surface area contributed by atoms with Crippen molar-refractivity contribution < 1.29 is 0 Å². The van der Waals surface area contributed by atoms with Gasteiger partial charge in [-0.15, -0.1) is 0 Å². The van der Waals surface area contributed by atoms with Crippen molar-refractivity contribution in [3.05, 3.63) is 18.2 Å². The SMILES string of the molecule is CC(C)C(CN)c1cncn1C1CCCCC1(C)C. The second kappa shape index (κ2) is 5.66. The first kappa shape index (κ1) is 14.6. The van der Waals surface area contributed by atoms with Crippen LogP contribution in [0.4, 0.5) is 0 Å². The highest BCUT2D eigenvalue weighted by Gasteiger charge is 2.35. The fourth-order valence-electron chi connectivity index (χ4n) is 3.59. The first-order chi connectivity index (χ1) is 8.97. The molecule has 1 saturated carbocycles. The lowest BCUT2D eigenvalue weighted by atomic mass is 9.73. The summed E-state index contributed by atoms with van der Waals surface area (Å²) >= 11 is 0. The van der Waals surface area contributed by atoms with Gasteiger partial charge in [-0.05, 0) is 24.2 Å². The van der Waals surface area contributed by atoms with Crippen molar-refractivity contribution in [1.29, 1.82) is 0 Å². The van der Waals surface area contributed by atoms with E-state index in [0.29, 0.717) is 29.8 Å². The molecular formula is C16H29N3. The lowest BCUT2D eigenvalue weighted by Crippen LogP contribution is -2.32. The number of nitrogens with zero attached hydrogens (tertiary/aromatic N) is 2. The third-order valence-electron chi connectivity index (χ3n) is 4.92. The van der Waals surface area contributed by atoms with Gasteiger partial charge < -0.3 is 10.3 Å². The minimum atomic E-state index is 0.365. The summed E-state index contributed by atoms with van der Waals surface area (Å²) in [6, 6.07) is 0.576. The molecule has 19 heavy (non-hydrogen) atoms. The molecule has 0 amide bonds. The summed E-state index contributed by atoms with van der Waals surface area (Å²) in [5, 5.41) is 0. The zero-order valence-corrected chi connectivity index (χ0v) is 12.9. The van der Waals surface area contributed by atoms with Crippen LogP contribution in [0, 0.1) is 11.3 Å². The topological polar surface area (TPSA) is 43.8 Å². The van der Waals surface area contributed by atoms with E-state index in [2.05, 4.69) is 37.2 Å². The Bertz CT molecular complexity index is 406. The molecule has 1 heterocycles. The van der Waals surface area contributed by atoms with Crippen LogP contribution in [-0.4, -0.2) is 16.1 Å². The smallest absolute Gasteiger partial charge is 0.0951 e. The van der Waals surface area contributed by atoms with Crippen LogP contribution in [0.25, 0.3) is 0 Å². The first-order valence-electron chi connectivity index (χ1n) is 7.69. The molecule has 1 aliphatic carbocycles. The van der Waals surface area contributed by atoms with Gasteiger partial charge in [0.1, 0.15) is 0 Å². The third-order valence-corrected chi connectivity index (χ3v) is 4.92. The highest BCUT2D eigenvalue weighted by Crippen LogP contribution is 2.45. The van der Waals surface area contributed by atoms with Crippen LogP contribution in [0.1, 0.15) is 71.0 Å². The molecule has 108 valence electrons. The number of hydrogen-bond acceptors (Lipinski definition) is 2. The van der Waals surface area contributed by atoms with E-state index in [9.17, 15) is 0 Å². The monoisotopic (exact) mass is 263 g/mol. The Balaban J connectivity index is 2.33. The second-order valence-electron chi connectivity index (χ2n) is 7.06. The molecule has 3 heteroatoms. The predicted molar refractivity (Wildman–Crippen MR) is 80.1 cm³/mol. The van der Waals surface area contributed by atoms with E-state index < -0.39 is 0 Å². The highest BCUT2D eigenvalue weighted by atomic mass is 15.1. The van der Waals surface area contributed by atoms with Crippen molar-refractivity contribution >= 4 is 0 Å². The number of imidazole rings is 1. The van der Waals surface area contributed by atoms with Gasteiger partial charge in [-0.3, -0.25) is 0 Å².